The molecule has 0 aromatic heterocycles. The molecule has 2 N–H and O–H groups in total. The molecule has 0 bridgehead atoms. The van der Waals surface area contributed by atoms with E-state index in [4.69, 9.17) is 12.2 Å². The number of hydrogen-bond acceptors (Lipinski definition) is 2. The SMILES string of the molecule is O=C(Nc1cccc(C(F)(F)F)c1)N1C(=S)NC2CCCCC21. The minimum Gasteiger partial charge on any atom is -0.357 e. The Balaban J connectivity index is 1.75. The summed E-state index contributed by atoms with van der Waals surface area (Å²) in [6.45, 7) is 0. The van der Waals surface area contributed by atoms with Crippen LogP contribution in [0.1, 0.15) is 31.2 Å². The van der Waals surface area contributed by atoms with Crippen LogP contribution in [-0.2, 0) is 6.18 Å². The van der Waals surface area contributed by atoms with Crippen LogP contribution >= 0.6 is 12.2 Å². The maximum absolute atomic E-state index is 12.7. The second-order valence-corrected chi connectivity index (χ2v) is 6.17. The number of anilines is 1. The summed E-state index contributed by atoms with van der Waals surface area (Å²) >= 11 is 5.21. The summed E-state index contributed by atoms with van der Waals surface area (Å²) in [4.78, 5) is 13.9. The highest BCUT2D eigenvalue weighted by Crippen LogP contribution is 2.31. The molecule has 2 aliphatic rings. The molecular formula is C15H16F3N3OS. The molecule has 2 fully saturated rings. The number of urea groups is 1. The molecule has 2 unspecified atom stereocenters. The third kappa shape index (κ3) is 3.26. The van der Waals surface area contributed by atoms with Gasteiger partial charge in [-0.2, -0.15) is 13.2 Å². The van der Waals surface area contributed by atoms with Crippen molar-refractivity contribution in [3.8, 4) is 0 Å². The van der Waals surface area contributed by atoms with Crippen molar-refractivity contribution in [2.45, 2.75) is 43.9 Å². The molecule has 3 rings (SSSR count). The average molecular weight is 343 g/mol. The van der Waals surface area contributed by atoms with Crippen molar-refractivity contribution in [2.24, 2.45) is 0 Å². The van der Waals surface area contributed by atoms with Crippen LogP contribution in [0.25, 0.3) is 0 Å². The Morgan fingerprint density at radius 3 is 2.78 bits per heavy atom. The van der Waals surface area contributed by atoms with Crippen LogP contribution in [-0.4, -0.2) is 28.1 Å². The van der Waals surface area contributed by atoms with Crippen molar-refractivity contribution in [1.82, 2.24) is 10.2 Å². The van der Waals surface area contributed by atoms with E-state index in [1.165, 1.54) is 17.0 Å². The van der Waals surface area contributed by atoms with Crippen LogP contribution in [0.2, 0.25) is 0 Å². The topological polar surface area (TPSA) is 44.4 Å². The Bertz CT molecular complexity index is 635. The number of rotatable bonds is 1. The molecule has 1 heterocycles. The maximum Gasteiger partial charge on any atom is 0.416 e. The lowest BCUT2D eigenvalue weighted by molar-refractivity contribution is -0.137. The van der Waals surface area contributed by atoms with Crippen LogP contribution in [0.3, 0.4) is 0 Å². The lowest BCUT2D eigenvalue weighted by atomic mass is 9.91. The van der Waals surface area contributed by atoms with Gasteiger partial charge in [0.1, 0.15) is 0 Å². The number of carbonyl (C=O) groups excluding carboxylic acids is 1. The van der Waals surface area contributed by atoms with Crippen LogP contribution in [0, 0.1) is 0 Å². The number of thiocarbonyl (C=S) groups is 1. The van der Waals surface area contributed by atoms with Crippen molar-refractivity contribution in [3.63, 3.8) is 0 Å². The van der Waals surface area contributed by atoms with Gasteiger partial charge in [-0.3, -0.25) is 4.90 Å². The van der Waals surface area contributed by atoms with Gasteiger partial charge in [-0.15, -0.1) is 0 Å². The summed E-state index contributed by atoms with van der Waals surface area (Å²) in [7, 11) is 0. The van der Waals surface area contributed by atoms with Gasteiger partial charge in [-0.05, 0) is 43.3 Å². The molecule has 0 spiro atoms. The standard InChI is InChI=1S/C15H16F3N3OS/c16-15(17,18)9-4-3-5-10(8-9)19-13(22)21-12-7-2-1-6-11(12)20-14(21)23/h3-5,8,11-12H,1-2,6-7H2,(H,19,22)(H,20,23). The Morgan fingerprint density at radius 2 is 2.04 bits per heavy atom. The van der Waals surface area contributed by atoms with E-state index in [2.05, 4.69) is 10.6 Å². The molecule has 4 nitrogen and oxygen atoms in total. The van der Waals surface area contributed by atoms with Crippen molar-refractivity contribution >= 4 is 29.0 Å². The molecule has 1 aromatic carbocycles. The van der Waals surface area contributed by atoms with Crippen LogP contribution in [0.4, 0.5) is 23.7 Å². The molecule has 1 aromatic rings. The van der Waals surface area contributed by atoms with Gasteiger partial charge in [-0.25, -0.2) is 4.79 Å². The first-order valence-electron chi connectivity index (χ1n) is 7.44. The summed E-state index contributed by atoms with van der Waals surface area (Å²) in [6, 6.07) is 4.21. The molecule has 23 heavy (non-hydrogen) atoms. The van der Waals surface area contributed by atoms with E-state index in [-0.39, 0.29) is 17.8 Å². The zero-order valence-corrected chi connectivity index (χ0v) is 13.0. The van der Waals surface area contributed by atoms with E-state index in [9.17, 15) is 18.0 Å². The number of nitrogens with zero attached hydrogens (tertiary/aromatic N) is 1. The van der Waals surface area contributed by atoms with Gasteiger partial charge in [0.25, 0.3) is 0 Å². The largest absolute Gasteiger partial charge is 0.416 e. The van der Waals surface area contributed by atoms with Crippen molar-refractivity contribution in [3.05, 3.63) is 29.8 Å². The Kier molecular flexibility index (Phi) is 4.18. The second-order valence-electron chi connectivity index (χ2n) is 5.79. The molecule has 124 valence electrons. The summed E-state index contributed by atoms with van der Waals surface area (Å²) < 4.78 is 38.2. The normalized spacial score (nSPS) is 24.1. The molecule has 1 saturated heterocycles. The van der Waals surface area contributed by atoms with Gasteiger partial charge in [-0.1, -0.05) is 18.9 Å². The fraction of sp³-hybridized carbons (Fsp3) is 0.467. The first-order chi connectivity index (χ1) is 10.9. The van der Waals surface area contributed by atoms with Crippen molar-refractivity contribution in [2.75, 3.05) is 5.32 Å². The number of benzene rings is 1. The highest BCUT2D eigenvalue weighted by Gasteiger charge is 2.41. The molecule has 2 atom stereocenters. The third-order valence-corrected chi connectivity index (χ3v) is 4.56. The van der Waals surface area contributed by atoms with Crippen LogP contribution in [0.5, 0.6) is 0 Å². The van der Waals surface area contributed by atoms with Gasteiger partial charge < -0.3 is 10.6 Å². The smallest absolute Gasteiger partial charge is 0.357 e. The number of halogens is 3. The lowest BCUT2D eigenvalue weighted by Gasteiger charge is -2.29. The number of nitrogens with one attached hydrogen (secondary N) is 2. The van der Waals surface area contributed by atoms with Gasteiger partial charge in [0, 0.05) is 11.7 Å². The molecule has 1 aliphatic carbocycles. The van der Waals surface area contributed by atoms with Gasteiger partial charge in [0.05, 0.1) is 11.6 Å². The Hall–Kier alpha value is -1.83. The number of fused-ring (bicyclic) bond motifs is 1. The molecule has 1 aliphatic heterocycles. The highest BCUT2D eigenvalue weighted by molar-refractivity contribution is 7.80. The molecular weight excluding hydrogens is 327 g/mol. The summed E-state index contributed by atoms with van der Waals surface area (Å²) in [6.07, 6.45) is -0.565. The summed E-state index contributed by atoms with van der Waals surface area (Å²) in [5.41, 5.74) is -0.695. The summed E-state index contributed by atoms with van der Waals surface area (Å²) in [5.74, 6) is 0. The fourth-order valence-corrected chi connectivity index (χ4v) is 3.54. The second kappa shape index (κ2) is 5.99. The number of amides is 2. The molecule has 8 heteroatoms. The van der Waals surface area contributed by atoms with Crippen molar-refractivity contribution in [1.29, 1.82) is 0 Å². The van der Waals surface area contributed by atoms with Gasteiger partial charge in [0.2, 0.25) is 0 Å². The molecule has 1 saturated carbocycles. The zero-order chi connectivity index (χ0) is 16.6. The summed E-state index contributed by atoms with van der Waals surface area (Å²) in [5, 5.41) is 5.98. The first kappa shape index (κ1) is 16.0. The van der Waals surface area contributed by atoms with E-state index < -0.39 is 17.8 Å². The molecule has 0 radical (unpaired) electrons. The Labute approximate surface area is 137 Å². The number of alkyl halides is 3. The van der Waals surface area contributed by atoms with E-state index in [0.29, 0.717) is 5.11 Å². The predicted molar refractivity (Wildman–Crippen MR) is 84.1 cm³/mol. The number of carbonyl (C=O) groups is 1. The van der Waals surface area contributed by atoms with Crippen molar-refractivity contribution < 1.29 is 18.0 Å². The zero-order valence-electron chi connectivity index (χ0n) is 12.2. The van der Waals surface area contributed by atoms with E-state index >= 15 is 0 Å². The third-order valence-electron chi connectivity index (χ3n) is 4.25. The van der Waals surface area contributed by atoms with E-state index in [0.717, 1.165) is 37.8 Å². The highest BCUT2D eigenvalue weighted by atomic mass is 32.1. The minimum absolute atomic E-state index is 0.0259. The van der Waals surface area contributed by atoms with Gasteiger partial charge >= 0.3 is 12.2 Å². The van der Waals surface area contributed by atoms with Crippen LogP contribution < -0.4 is 10.6 Å². The van der Waals surface area contributed by atoms with Gasteiger partial charge in [0.15, 0.2) is 5.11 Å². The first-order valence-corrected chi connectivity index (χ1v) is 7.85. The maximum atomic E-state index is 12.7. The van der Waals surface area contributed by atoms with E-state index in [1.807, 2.05) is 0 Å². The fourth-order valence-electron chi connectivity index (χ4n) is 3.17. The number of hydrogen-bond donors (Lipinski definition) is 2. The predicted octanol–water partition coefficient (Wildman–Crippen LogP) is 3.74. The average Bonchev–Trinajstić information content (AvgIpc) is 2.82. The van der Waals surface area contributed by atoms with E-state index in [1.54, 1.807) is 0 Å². The quantitative estimate of drug-likeness (QED) is 0.764. The monoisotopic (exact) mass is 343 g/mol. The lowest BCUT2D eigenvalue weighted by Crippen LogP contribution is -2.44. The van der Waals surface area contributed by atoms with Crippen LogP contribution in [0.15, 0.2) is 24.3 Å². The minimum atomic E-state index is -4.44. The molecule has 2 amide bonds. The Morgan fingerprint density at radius 1 is 1.30 bits per heavy atom.